The van der Waals surface area contributed by atoms with Crippen LogP contribution in [0.15, 0.2) is 60.5 Å². The van der Waals surface area contributed by atoms with Crippen molar-refractivity contribution < 1.29 is 29.3 Å². The molecule has 0 aliphatic rings. The highest BCUT2D eigenvalue weighted by atomic mass is 16.6. The molecule has 170 valence electrons. The number of benzene rings is 2. The number of allylic oxidation sites excluding steroid dienone is 1. The smallest absolute Gasteiger partial charge is 0.407 e. The zero-order valence-corrected chi connectivity index (χ0v) is 18.3. The van der Waals surface area contributed by atoms with E-state index in [1.165, 1.54) is 30.5 Å². The fourth-order valence-electron chi connectivity index (χ4n) is 2.79. The highest BCUT2D eigenvalue weighted by molar-refractivity contribution is 5.96. The van der Waals surface area contributed by atoms with Crippen molar-refractivity contribution in [1.29, 1.82) is 0 Å². The average molecular weight is 440 g/mol. The Morgan fingerprint density at radius 3 is 2.12 bits per heavy atom. The number of aromatic carboxylic acids is 1. The fourth-order valence-corrected chi connectivity index (χ4v) is 2.79. The van der Waals surface area contributed by atoms with Gasteiger partial charge in [0.15, 0.2) is 0 Å². The van der Waals surface area contributed by atoms with Crippen LogP contribution in [-0.2, 0) is 17.7 Å². The van der Waals surface area contributed by atoms with Gasteiger partial charge in [-0.05, 0) is 62.6 Å². The van der Waals surface area contributed by atoms with Crippen LogP contribution >= 0.6 is 0 Å². The van der Waals surface area contributed by atoms with Crippen LogP contribution in [0.25, 0.3) is 0 Å². The zero-order chi connectivity index (χ0) is 23.7. The average Bonchev–Trinajstić information content (AvgIpc) is 2.74. The molecule has 8 nitrogen and oxygen atoms in total. The summed E-state index contributed by atoms with van der Waals surface area (Å²) in [5, 5.41) is 24.2. The highest BCUT2D eigenvalue weighted by Crippen LogP contribution is 2.14. The summed E-state index contributed by atoms with van der Waals surface area (Å²) in [6, 6.07) is 13.0. The van der Waals surface area contributed by atoms with E-state index in [4.69, 9.17) is 9.84 Å². The lowest BCUT2D eigenvalue weighted by molar-refractivity contribution is 0.0522. The molecule has 0 radical (unpaired) electrons. The van der Waals surface area contributed by atoms with Gasteiger partial charge < -0.3 is 25.6 Å². The Bertz CT molecular complexity index is 990. The lowest BCUT2D eigenvalue weighted by Crippen LogP contribution is -2.32. The van der Waals surface area contributed by atoms with Gasteiger partial charge in [0.2, 0.25) is 0 Å². The Kier molecular flexibility index (Phi) is 8.40. The van der Waals surface area contributed by atoms with Gasteiger partial charge in [-0.1, -0.05) is 24.3 Å². The van der Waals surface area contributed by atoms with Crippen LogP contribution in [0, 0.1) is 0 Å². The Morgan fingerprint density at radius 2 is 1.53 bits per heavy atom. The first-order chi connectivity index (χ1) is 15.0. The van der Waals surface area contributed by atoms with Gasteiger partial charge in [-0.3, -0.25) is 4.79 Å². The Labute approximate surface area is 186 Å². The number of amides is 2. The largest absolute Gasteiger partial charge is 0.511 e. The van der Waals surface area contributed by atoms with Crippen LogP contribution in [0.3, 0.4) is 0 Å². The summed E-state index contributed by atoms with van der Waals surface area (Å²) in [7, 11) is 0. The van der Waals surface area contributed by atoms with Crippen molar-refractivity contribution in [2.24, 2.45) is 0 Å². The van der Waals surface area contributed by atoms with Crippen LogP contribution in [0.5, 0.6) is 0 Å². The monoisotopic (exact) mass is 440 g/mol. The second-order valence-corrected chi connectivity index (χ2v) is 8.12. The van der Waals surface area contributed by atoms with E-state index in [-0.39, 0.29) is 23.3 Å². The van der Waals surface area contributed by atoms with Crippen molar-refractivity contribution in [2.45, 2.75) is 45.8 Å². The normalized spacial score (nSPS) is 11.5. The van der Waals surface area contributed by atoms with Crippen molar-refractivity contribution in [2.75, 3.05) is 0 Å². The molecule has 32 heavy (non-hydrogen) atoms. The quantitative estimate of drug-likeness (QED) is 0.457. The Hall–Kier alpha value is -3.81. The number of hydrogen-bond acceptors (Lipinski definition) is 5. The van der Waals surface area contributed by atoms with E-state index in [0.29, 0.717) is 13.0 Å². The minimum atomic E-state index is -1.07. The third kappa shape index (κ3) is 8.14. The maximum Gasteiger partial charge on any atom is 0.407 e. The first kappa shape index (κ1) is 24.5. The van der Waals surface area contributed by atoms with Crippen LogP contribution < -0.4 is 10.6 Å². The first-order valence-electron chi connectivity index (χ1n) is 10.1. The number of carboxylic acid groups (broad SMARTS) is 1. The van der Waals surface area contributed by atoms with Crippen molar-refractivity contribution in [3.63, 3.8) is 0 Å². The molecule has 0 spiro atoms. The molecule has 0 aliphatic carbocycles. The second kappa shape index (κ2) is 11.0. The van der Waals surface area contributed by atoms with Crippen molar-refractivity contribution >= 4 is 18.0 Å². The van der Waals surface area contributed by atoms with Gasteiger partial charge in [0.25, 0.3) is 5.91 Å². The van der Waals surface area contributed by atoms with E-state index in [0.717, 1.165) is 11.1 Å². The summed E-state index contributed by atoms with van der Waals surface area (Å²) < 4.78 is 5.24. The Morgan fingerprint density at radius 1 is 0.938 bits per heavy atom. The number of aliphatic hydroxyl groups is 1. The lowest BCUT2D eigenvalue weighted by Gasteiger charge is -2.20. The predicted octanol–water partition coefficient (Wildman–Crippen LogP) is 4.17. The van der Waals surface area contributed by atoms with Crippen LogP contribution in [0.1, 0.15) is 59.0 Å². The molecule has 2 aromatic rings. The van der Waals surface area contributed by atoms with Gasteiger partial charge in [-0.15, -0.1) is 0 Å². The third-order valence-corrected chi connectivity index (χ3v) is 4.35. The van der Waals surface area contributed by atoms with Crippen molar-refractivity contribution in [1.82, 2.24) is 10.6 Å². The topological polar surface area (TPSA) is 125 Å². The summed E-state index contributed by atoms with van der Waals surface area (Å²) in [5.41, 5.74) is 1.62. The molecular formula is C24H28N2O6. The minimum absolute atomic E-state index is 0.0181. The van der Waals surface area contributed by atoms with E-state index >= 15 is 0 Å². The molecule has 2 rings (SSSR count). The van der Waals surface area contributed by atoms with E-state index in [2.05, 4.69) is 10.6 Å². The zero-order valence-electron chi connectivity index (χ0n) is 18.3. The molecule has 0 atom stereocenters. The molecular weight excluding hydrogens is 412 g/mol. The molecule has 0 bridgehead atoms. The summed E-state index contributed by atoms with van der Waals surface area (Å²) in [6.45, 7) is 5.66. The number of aliphatic hydroxyl groups excluding tert-OH is 1. The molecule has 0 saturated heterocycles. The van der Waals surface area contributed by atoms with Gasteiger partial charge in [-0.25, -0.2) is 9.59 Å². The number of ether oxygens (including phenoxy) is 1. The molecule has 0 aliphatic heterocycles. The number of carbonyl (C=O) groups is 3. The molecule has 4 N–H and O–H groups in total. The molecule has 0 heterocycles. The molecule has 0 aromatic heterocycles. The van der Waals surface area contributed by atoms with Gasteiger partial charge in [0.05, 0.1) is 5.56 Å². The van der Waals surface area contributed by atoms with Gasteiger partial charge in [0, 0.05) is 24.7 Å². The number of rotatable bonds is 8. The molecule has 8 heteroatoms. The maximum absolute atomic E-state index is 12.1. The Balaban J connectivity index is 1.90. The molecule has 2 aromatic carbocycles. The molecule has 0 fully saturated rings. The third-order valence-electron chi connectivity index (χ3n) is 4.35. The summed E-state index contributed by atoms with van der Waals surface area (Å²) in [4.78, 5) is 34.9. The standard InChI is InChI=1S/C24H28N2O6/c1-24(2,3)32-23(31)26-14-19-7-5-4-6-16(19)12-13-20(27)15-25-21(28)17-8-10-18(11-9-17)22(29)30/h4-11,15,27H,12-14H2,1-3H3,(H,25,28)(H,26,31)(H,29,30)/b20-15-. The minimum Gasteiger partial charge on any atom is -0.511 e. The predicted molar refractivity (Wildman–Crippen MR) is 119 cm³/mol. The van der Waals surface area contributed by atoms with Gasteiger partial charge in [-0.2, -0.15) is 0 Å². The number of nitrogens with one attached hydrogen (secondary N) is 2. The number of carbonyl (C=O) groups excluding carboxylic acids is 2. The SMILES string of the molecule is CC(C)(C)OC(=O)NCc1ccccc1CC/C(O)=C/NC(=O)c1ccc(C(=O)O)cc1. The van der Waals surface area contributed by atoms with Crippen LogP contribution in [0.2, 0.25) is 0 Å². The second-order valence-electron chi connectivity index (χ2n) is 8.12. The number of alkyl carbamates (subject to hydrolysis) is 1. The van der Waals surface area contributed by atoms with Gasteiger partial charge in [0.1, 0.15) is 11.4 Å². The number of hydrogen-bond donors (Lipinski definition) is 4. The summed E-state index contributed by atoms with van der Waals surface area (Å²) in [6.07, 6.45) is 1.49. The van der Waals surface area contributed by atoms with Crippen molar-refractivity contribution in [3.05, 3.63) is 82.7 Å². The highest BCUT2D eigenvalue weighted by Gasteiger charge is 2.16. The van der Waals surface area contributed by atoms with E-state index in [9.17, 15) is 19.5 Å². The fraction of sp³-hybridized carbons (Fsp3) is 0.292. The maximum atomic E-state index is 12.1. The molecule has 2 amide bonds. The molecule has 0 unspecified atom stereocenters. The van der Waals surface area contributed by atoms with Gasteiger partial charge >= 0.3 is 12.1 Å². The van der Waals surface area contributed by atoms with Crippen LogP contribution in [-0.4, -0.2) is 33.8 Å². The van der Waals surface area contributed by atoms with E-state index < -0.39 is 23.6 Å². The number of aryl methyl sites for hydroxylation is 1. The van der Waals surface area contributed by atoms with Crippen molar-refractivity contribution in [3.8, 4) is 0 Å². The summed E-state index contributed by atoms with van der Waals surface area (Å²) >= 11 is 0. The van der Waals surface area contributed by atoms with E-state index in [1.54, 1.807) is 20.8 Å². The van der Waals surface area contributed by atoms with Crippen LogP contribution in [0.4, 0.5) is 4.79 Å². The first-order valence-corrected chi connectivity index (χ1v) is 10.1. The lowest BCUT2D eigenvalue weighted by atomic mass is 10.0. The summed E-state index contributed by atoms with van der Waals surface area (Å²) in [5.74, 6) is -1.55. The van der Waals surface area contributed by atoms with E-state index in [1.807, 2.05) is 24.3 Å². The molecule has 0 saturated carbocycles. The number of carboxylic acids is 1.